The molecule has 0 aliphatic rings. The fraction of sp³-hybridized carbons (Fsp3) is 0.0714. The van der Waals surface area contributed by atoms with Gasteiger partial charge in [0.25, 0.3) is 11.6 Å². The van der Waals surface area contributed by atoms with Crippen LogP contribution in [-0.4, -0.2) is 10.8 Å². The van der Waals surface area contributed by atoms with Gasteiger partial charge in [-0.15, -0.1) is 0 Å². The fourth-order valence-electron chi connectivity index (χ4n) is 1.77. The zero-order valence-corrected chi connectivity index (χ0v) is 10.9. The molecule has 0 aromatic heterocycles. The van der Waals surface area contributed by atoms with E-state index in [9.17, 15) is 23.7 Å². The summed E-state index contributed by atoms with van der Waals surface area (Å²) in [6.07, 6.45) is 0. The van der Waals surface area contributed by atoms with Gasteiger partial charge in [0.15, 0.2) is 0 Å². The zero-order chi connectivity index (χ0) is 15.6. The molecule has 2 rings (SSSR count). The van der Waals surface area contributed by atoms with E-state index < -0.39 is 28.2 Å². The first-order valence-electron chi connectivity index (χ1n) is 5.90. The van der Waals surface area contributed by atoms with Crippen molar-refractivity contribution in [3.63, 3.8) is 0 Å². The lowest BCUT2D eigenvalue weighted by Gasteiger charge is -2.07. The van der Waals surface area contributed by atoms with Crippen molar-refractivity contribution in [1.29, 1.82) is 0 Å². The highest BCUT2D eigenvalue weighted by molar-refractivity contribution is 6.04. The summed E-state index contributed by atoms with van der Waals surface area (Å²) in [5, 5.41) is 12.9. The Morgan fingerprint density at radius 3 is 2.62 bits per heavy atom. The number of nitrogens with one attached hydrogen (secondary N) is 1. The third kappa shape index (κ3) is 3.19. The number of amides is 1. The number of aryl methyl sites for hydroxylation is 1. The summed E-state index contributed by atoms with van der Waals surface area (Å²) >= 11 is 0. The van der Waals surface area contributed by atoms with Crippen LogP contribution in [0.2, 0.25) is 0 Å². The molecular formula is C14H10F2N2O3. The van der Waals surface area contributed by atoms with Crippen molar-refractivity contribution < 1.29 is 18.5 Å². The second kappa shape index (κ2) is 5.66. The molecule has 0 aliphatic heterocycles. The Bertz CT molecular complexity index is 732. The maximum Gasteiger partial charge on any atom is 0.274 e. The van der Waals surface area contributed by atoms with Crippen LogP contribution in [0.15, 0.2) is 36.4 Å². The molecule has 5 nitrogen and oxygen atoms in total. The maximum atomic E-state index is 13.8. The number of nitrogens with zero attached hydrogens (tertiary/aromatic N) is 1. The smallest absolute Gasteiger partial charge is 0.274 e. The van der Waals surface area contributed by atoms with E-state index in [1.807, 2.05) is 0 Å². The minimum absolute atomic E-state index is 0.118. The highest BCUT2D eigenvalue weighted by Gasteiger charge is 2.16. The predicted octanol–water partition coefficient (Wildman–Crippen LogP) is 3.43. The molecule has 2 aromatic rings. The van der Waals surface area contributed by atoms with Crippen molar-refractivity contribution >= 4 is 17.3 Å². The zero-order valence-electron chi connectivity index (χ0n) is 10.9. The van der Waals surface area contributed by atoms with Crippen LogP contribution in [0, 0.1) is 28.7 Å². The summed E-state index contributed by atoms with van der Waals surface area (Å²) in [4.78, 5) is 21.8. The highest BCUT2D eigenvalue weighted by Crippen LogP contribution is 2.21. The van der Waals surface area contributed by atoms with Gasteiger partial charge in [0.1, 0.15) is 11.6 Å². The number of rotatable bonds is 3. The average Bonchev–Trinajstić information content (AvgIpc) is 2.41. The largest absolute Gasteiger partial charge is 0.322 e. The second-order valence-corrected chi connectivity index (χ2v) is 4.35. The van der Waals surface area contributed by atoms with E-state index in [1.54, 1.807) is 0 Å². The summed E-state index contributed by atoms with van der Waals surface area (Å²) in [6.45, 7) is 1.50. The van der Waals surface area contributed by atoms with Gasteiger partial charge in [-0.2, -0.15) is 0 Å². The lowest BCUT2D eigenvalue weighted by atomic mass is 10.1. The molecule has 1 amide bonds. The Morgan fingerprint density at radius 1 is 1.24 bits per heavy atom. The summed E-state index contributed by atoms with van der Waals surface area (Å²) in [6, 6.07) is 6.90. The van der Waals surface area contributed by atoms with E-state index in [0.717, 1.165) is 18.2 Å². The van der Waals surface area contributed by atoms with Crippen molar-refractivity contribution in [2.45, 2.75) is 6.92 Å². The topological polar surface area (TPSA) is 72.2 Å². The normalized spacial score (nSPS) is 10.2. The van der Waals surface area contributed by atoms with Crippen LogP contribution >= 0.6 is 0 Å². The molecule has 0 unspecified atom stereocenters. The van der Waals surface area contributed by atoms with Crippen LogP contribution in [0.25, 0.3) is 0 Å². The van der Waals surface area contributed by atoms with Crippen molar-refractivity contribution in [2.75, 3.05) is 5.32 Å². The first-order valence-corrected chi connectivity index (χ1v) is 5.90. The predicted molar refractivity (Wildman–Crippen MR) is 72.1 cm³/mol. The molecule has 108 valence electrons. The summed E-state index contributed by atoms with van der Waals surface area (Å²) in [7, 11) is 0. The molecule has 21 heavy (non-hydrogen) atoms. The lowest BCUT2D eigenvalue weighted by molar-refractivity contribution is -0.385. The van der Waals surface area contributed by atoms with Gasteiger partial charge < -0.3 is 5.32 Å². The number of hydrogen-bond donors (Lipinski definition) is 1. The third-order valence-corrected chi connectivity index (χ3v) is 2.79. The fourth-order valence-corrected chi connectivity index (χ4v) is 1.77. The Morgan fingerprint density at radius 2 is 1.95 bits per heavy atom. The van der Waals surface area contributed by atoms with Crippen molar-refractivity contribution in [3.05, 3.63) is 69.3 Å². The summed E-state index contributed by atoms with van der Waals surface area (Å²) in [5.41, 5.74) is -0.558. The molecule has 0 spiro atoms. The number of carbonyl (C=O) groups is 1. The molecule has 0 saturated carbocycles. The van der Waals surface area contributed by atoms with E-state index in [0.29, 0.717) is 0 Å². The van der Waals surface area contributed by atoms with Gasteiger partial charge >= 0.3 is 0 Å². The van der Waals surface area contributed by atoms with Gasteiger partial charge in [-0.25, -0.2) is 8.78 Å². The number of nitro benzene ring substituents is 1. The first kappa shape index (κ1) is 14.6. The highest BCUT2D eigenvalue weighted by atomic mass is 19.1. The quantitative estimate of drug-likeness (QED) is 0.695. The number of benzene rings is 2. The van der Waals surface area contributed by atoms with Gasteiger partial charge in [-0.05, 0) is 24.6 Å². The van der Waals surface area contributed by atoms with E-state index in [4.69, 9.17) is 0 Å². The molecule has 0 radical (unpaired) electrons. The van der Waals surface area contributed by atoms with Gasteiger partial charge in [0.05, 0.1) is 22.2 Å². The molecule has 0 fully saturated rings. The monoisotopic (exact) mass is 292 g/mol. The number of halogens is 2. The minimum Gasteiger partial charge on any atom is -0.322 e. The SMILES string of the molecule is Cc1cccc(C(=O)Nc2cc(F)cc([N+](=O)[O-])c2)c1F. The maximum absolute atomic E-state index is 13.8. The number of non-ortho nitro benzene ring substituents is 1. The summed E-state index contributed by atoms with van der Waals surface area (Å²) in [5.74, 6) is -2.37. The standard InChI is InChI=1S/C14H10F2N2O3/c1-8-3-2-4-12(13(8)16)14(19)17-10-5-9(15)6-11(7-10)18(20)21/h2-7H,1H3,(H,17,19). The van der Waals surface area contributed by atoms with E-state index in [1.165, 1.54) is 25.1 Å². The average molecular weight is 292 g/mol. The van der Waals surface area contributed by atoms with E-state index in [2.05, 4.69) is 5.32 Å². The summed E-state index contributed by atoms with van der Waals surface area (Å²) < 4.78 is 27.1. The van der Waals surface area contributed by atoms with Gasteiger partial charge in [0, 0.05) is 6.07 Å². The van der Waals surface area contributed by atoms with E-state index >= 15 is 0 Å². The molecule has 0 saturated heterocycles. The Labute approximate surface area is 118 Å². The molecule has 2 aromatic carbocycles. The Balaban J connectivity index is 2.31. The van der Waals surface area contributed by atoms with Crippen LogP contribution in [0.4, 0.5) is 20.2 Å². The first-order chi connectivity index (χ1) is 9.88. The van der Waals surface area contributed by atoms with Crippen LogP contribution in [-0.2, 0) is 0 Å². The van der Waals surface area contributed by atoms with Crippen molar-refractivity contribution in [2.24, 2.45) is 0 Å². The third-order valence-electron chi connectivity index (χ3n) is 2.79. The molecule has 1 N–H and O–H groups in total. The van der Waals surface area contributed by atoms with Crippen LogP contribution in [0.3, 0.4) is 0 Å². The molecule has 0 bridgehead atoms. The molecule has 7 heteroatoms. The number of anilines is 1. The Hall–Kier alpha value is -2.83. The van der Waals surface area contributed by atoms with Crippen LogP contribution in [0.5, 0.6) is 0 Å². The van der Waals surface area contributed by atoms with Gasteiger partial charge in [-0.3, -0.25) is 14.9 Å². The molecular weight excluding hydrogens is 282 g/mol. The lowest BCUT2D eigenvalue weighted by Crippen LogP contribution is -2.14. The molecule has 0 heterocycles. The van der Waals surface area contributed by atoms with Crippen LogP contribution < -0.4 is 5.32 Å². The minimum atomic E-state index is -0.871. The second-order valence-electron chi connectivity index (χ2n) is 4.35. The number of hydrogen-bond acceptors (Lipinski definition) is 3. The molecule has 0 atom stereocenters. The molecule has 0 aliphatic carbocycles. The van der Waals surface area contributed by atoms with Gasteiger partial charge in [0.2, 0.25) is 0 Å². The van der Waals surface area contributed by atoms with Crippen molar-refractivity contribution in [3.8, 4) is 0 Å². The number of nitro groups is 1. The Kier molecular flexibility index (Phi) is 3.93. The number of carbonyl (C=O) groups excluding carboxylic acids is 1. The van der Waals surface area contributed by atoms with E-state index in [-0.39, 0.29) is 16.8 Å². The van der Waals surface area contributed by atoms with Gasteiger partial charge in [-0.1, -0.05) is 12.1 Å². The van der Waals surface area contributed by atoms with Crippen molar-refractivity contribution in [1.82, 2.24) is 0 Å². The van der Waals surface area contributed by atoms with Crippen LogP contribution in [0.1, 0.15) is 15.9 Å².